The van der Waals surface area contributed by atoms with Crippen molar-refractivity contribution in [3.05, 3.63) is 89.5 Å². The highest BCUT2D eigenvalue weighted by Gasteiger charge is 2.38. The van der Waals surface area contributed by atoms with Gasteiger partial charge in [0.25, 0.3) is 0 Å². The molecule has 0 aliphatic carbocycles. The third-order valence-corrected chi connectivity index (χ3v) is 7.34. The van der Waals surface area contributed by atoms with E-state index in [1.807, 2.05) is 79.7 Å². The molecule has 1 aliphatic heterocycles. The van der Waals surface area contributed by atoms with Crippen molar-refractivity contribution in [3.63, 3.8) is 0 Å². The van der Waals surface area contributed by atoms with E-state index >= 15 is 0 Å². The molecular weight excluding hydrogens is 494 g/mol. The molecule has 1 heterocycles. The number of rotatable bonds is 12. The summed E-state index contributed by atoms with van der Waals surface area (Å²) in [6.45, 7) is 5.03. The van der Waals surface area contributed by atoms with Crippen molar-refractivity contribution in [2.45, 2.75) is 25.4 Å². The topological polar surface area (TPSA) is 66.5 Å². The average molecular weight is 534 g/mol. The number of esters is 1. The first kappa shape index (κ1) is 28.5. The molecule has 208 valence electrons. The minimum Gasteiger partial charge on any atom is -0.497 e. The summed E-state index contributed by atoms with van der Waals surface area (Å²) in [6.07, 6.45) is 1.83. The van der Waals surface area contributed by atoms with E-state index in [9.17, 15) is 4.79 Å². The number of carbonyl (C=O) groups is 1. The molecular formula is C32H39NO6. The van der Waals surface area contributed by atoms with E-state index in [-0.39, 0.29) is 11.9 Å². The van der Waals surface area contributed by atoms with E-state index in [2.05, 4.69) is 4.90 Å². The second kappa shape index (κ2) is 13.5. The number of methoxy groups -OCH3 is 3. The van der Waals surface area contributed by atoms with Crippen molar-refractivity contribution in [3.8, 4) is 17.2 Å². The number of nitrogens with zero attached hydrogens (tertiary/aromatic N) is 1. The summed E-state index contributed by atoms with van der Waals surface area (Å²) in [5, 5.41) is 0. The van der Waals surface area contributed by atoms with Gasteiger partial charge in [0.1, 0.15) is 22.8 Å². The highest BCUT2D eigenvalue weighted by molar-refractivity contribution is 5.72. The lowest BCUT2D eigenvalue weighted by Crippen LogP contribution is -2.42. The van der Waals surface area contributed by atoms with Crippen LogP contribution in [0.5, 0.6) is 17.2 Å². The lowest BCUT2D eigenvalue weighted by molar-refractivity contribution is -0.150. The van der Waals surface area contributed by atoms with Crippen molar-refractivity contribution in [1.29, 1.82) is 0 Å². The van der Waals surface area contributed by atoms with Crippen LogP contribution < -0.4 is 14.2 Å². The first-order valence-electron chi connectivity index (χ1n) is 13.5. The zero-order valence-electron chi connectivity index (χ0n) is 23.4. The van der Waals surface area contributed by atoms with Crippen LogP contribution in [0.15, 0.2) is 72.8 Å². The van der Waals surface area contributed by atoms with Gasteiger partial charge in [-0.05, 0) is 79.4 Å². The Morgan fingerprint density at radius 3 is 1.67 bits per heavy atom. The molecule has 0 aromatic heterocycles. The predicted molar refractivity (Wildman–Crippen MR) is 151 cm³/mol. The Morgan fingerprint density at radius 1 is 0.795 bits per heavy atom. The van der Waals surface area contributed by atoms with Crippen molar-refractivity contribution >= 4 is 5.97 Å². The SMILES string of the molecule is CCOC(=O)[C@@H]1CCCN(CCOC(c2ccc(OC)cc2)(c2ccc(OC)cc2)c2ccc(OC)cc2)C1. The van der Waals surface area contributed by atoms with E-state index < -0.39 is 5.60 Å². The summed E-state index contributed by atoms with van der Waals surface area (Å²) in [6, 6.07) is 24.0. The van der Waals surface area contributed by atoms with Gasteiger partial charge < -0.3 is 28.6 Å². The standard InChI is InChI=1S/C32H39NO6/c1-5-38-31(34)24-7-6-20-33(23-24)21-22-39-32(25-8-14-28(35-2)15-9-25,26-10-16-29(36-3)17-11-26)27-12-18-30(37-4)19-13-27/h8-19,24H,5-7,20-23H2,1-4H3/t24-/m1/s1. The zero-order chi connectivity index (χ0) is 27.7. The van der Waals surface area contributed by atoms with Gasteiger partial charge in [-0.3, -0.25) is 4.79 Å². The van der Waals surface area contributed by atoms with Gasteiger partial charge in [0, 0.05) is 13.1 Å². The second-order valence-corrected chi connectivity index (χ2v) is 9.61. The first-order valence-corrected chi connectivity index (χ1v) is 13.5. The van der Waals surface area contributed by atoms with Crippen LogP contribution in [0.2, 0.25) is 0 Å². The molecule has 3 aromatic carbocycles. The summed E-state index contributed by atoms with van der Waals surface area (Å²) in [4.78, 5) is 14.7. The predicted octanol–water partition coefficient (Wildman–Crippen LogP) is 5.30. The fourth-order valence-electron chi connectivity index (χ4n) is 5.27. The highest BCUT2D eigenvalue weighted by atomic mass is 16.5. The van der Waals surface area contributed by atoms with Crippen molar-refractivity contribution in [1.82, 2.24) is 4.90 Å². The number of hydrogen-bond donors (Lipinski definition) is 0. The number of carbonyl (C=O) groups excluding carboxylic acids is 1. The van der Waals surface area contributed by atoms with Crippen LogP contribution in [0.3, 0.4) is 0 Å². The molecule has 0 N–H and O–H groups in total. The first-order chi connectivity index (χ1) is 19.0. The van der Waals surface area contributed by atoms with Gasteiger partial charge >= 0.3 is 5.97 Å². The fourth-order valence-corrected chi connectivity index (χ4v) is 5.27. The van der Waals surface area contributed by atoms with Crippen molar-refractivity contribution in [2.24, 2.45) is 5.92 Å². The largest absolute Gasteiger partial charge is 0.497 e. The van der Waals surface area contributed by atoms with Crippen LogP contribution in [0.4, 0.5) is 0 Å². The third kappa shape index (κ3) is 6.54. The quantitative estimate of drug-likeness (QED) is 0.231. The van der Waals surface area contributed by atoms with Gasteiger partial charge in [-0.15, -0.1) is 0 Å². The fraction of sp³-hybridized carbons (Fsp3) is 0.406. The highest BCUT2D eigenvalue weighted by Crippen LogP contribution is 2.42. The molecule has 0 saturated carbocycles. The third-order valence-electron chi connectivity index (χ3n) is 7.34. The van der Waals surface area contributed by atoms with E-state index in [1.165, 1.54) is 0 Å². The minimum atomic E-state index is -0.902. The lowest BCUT2D eigenvalue weighted by Gasteiger charge is -2.38. The van der Waals surface area contributed by atoms with Gasteiger partial charge in [-0.2, -0.15) is 0 Å². The van der Waals surface area contributed by atoms with E-state index in [0.717, 1.165) is 53.3 Å². The van der Waals surface area contributed by atoms with Crippen LogP contribution in [0, 0.1) is 5.92 Å². The molecule has 1 aliphatic rings. The monoisotopic (exact) mass is 533 g/mol. The summed E-state index contributed by atoms with van der Waals surface area (Å²) in [7, 11) is 4.98. The van der Waals surface area contributed by atoms with Gasteiger partial charge in [0.15, 0.2) is 0 Å². The molecule has 0 spiro atoms. The van der Waals surface area contributed by atoms with Crippen molar-refractivity contribution in [2.75, 3.05) is 54.2 Å². The Balaban J connectivity index is 1.69. The maximum absolute atomic E-state index is 12.4. The number of hydrogen-bond acceptors (Lipinski definition) is 7. The van der Waals surface area contributed by atoms with Crippen LogP contribution in [-0.4, -0.2) is 65.0 Å². The normalized spacial score (nSPS) is 15.9. The Labute approximate surface area is 231 Å². The Hall–Kier alpha value is -3.55. The van der Waals surface area contributed by atoms with Gasteiger partial charge in [-0.1, -0.05) is 36.4 Å². The molecule has 0 amide bonds. The molecule has 1 atom stereocenters. The number of piperidine rings is 1. The number of ether oxygens (including phenoxy) is 5. The Bertz CT molecular complexity index is 1060. The molecule has 0 unspecified atom stereocenters. The summed E-state index contributed by atoms with van der Waals surface area (Å²) < 4.78 is 28.6. The van der Waals surface area contributed by atoms with Gasteiger partial charge in [0.05, 0.1) is 40.5 Å². The molecule has 4 rings (SSSR count). The molecule has 0 radical (unpaired) electrons. The maximum Gasteiger partial charge on any atom is 0.310 e. The molecule has 39 heavy (non-hydrogen) atoms. The minimum absolute atomic E-state index is 0.0896. The van der Waals surface area contributed by atoms with E-state index in [0.29, 0.717) is 26.3 Å². The van der Waals surface area contributed by atoms with E-state index in [4.69, 9.17) is 23.7 Å². The number of benzene rings is 3. The molecule has 3 aromatic rings. The summed E-state index contributed by atoms with van der Waals surface area (Å²) >= 11 is 0. The second-order valence-electron chi connectivity index (χ2n) is 9.61. The van der Waals surface area contributed by atoms with Gasteiger partial charge in [0.2, 0.25) is 0 Å². The summed E-state index contributed by atoms with van der Waals surface area (Å²) in [5.41, 5.74) is 2.02. The zero-order valence-corrected chi connectivity index (χ0v) is 23.4. The molecule has 7 nitrogen and oxygen atoms in total. The van der Waals surface area contributed by atoms with Crippen LogP contribution in [0.1, 0.15) is 36.5 Å². The van der Waals surface area contributed by atoms with Crippen molar-refractivity contribution < 1.29 is 28.5 Å². The Morgan fingerprint density at radius 2 is 1.26 bits per heavy atom. The summed E-state index contributed by atoms with van der Waals surface area (Å²) in [5.74, 6) is 2.13. The smallest absolute Gasteiger partial charge is 0.310 e. The molecule has 0 bridgehead atoms. The van der Waals surface area contributed by atoms with Crippen LogP contribution in [-0.2, 0) is 19.9 Å². The van der Waals surface area contributed by atoms with Gasteiger partial charge in [-0.25, -0.2) is 0 Å². The molecule has 1 saturated heterocycles. The van der Waals surface area contributed by atoms with Crippen LogP contribution >= 0.6 is 0 Å². The molecule has 7 heteroatoms. The Kier molecular flexibility index (Phi) is 9.85. The van der Waals surface area contributed by atoms with Crippen LogP contribution in [0.25, 0.3) is 0 Å². The number of likely N-dealkylation sites (tertiary alicyclic amines) is 1. The molecule has 1 fully saturated rings. The maximum atomic E-state index is 12.4. The lowest BCUT2D eigenvalue weighted by atomic mass is 9.80. The van der Waals surface area contributed by atoms with E-state index in [1.54, 1.807) is 21.3 Å². The average Bonchev–Trinajstić information content (AvgIpc) is 3.00.